The average Bonchev–Trinajstić information content (AvgIpc) is 2.49. The van der Waals surface area contributed by atoms with Crippen molar-refractivity contribution < 1.29 is 18.0 Å². The lowest BCUT2D eigenvalue weighted by Gasteiger charge is -2.12. The van der Waals surface area contributed by atoms with E-state index in [1.165, 1.54) is 12.3 Å². The van der Waals surface area contributed by atoms with Crippen LogP contribution in [0, 0.1) is 5.92 Å². The Kier molecular flexibility index (Phi) is 5.08. The van der Waals surface area contributed by atoms with Gasteiger partial charge in [0.05, 0.1) is 17.6 Å². The topological polar surface area (TPSA) is 54.0 Å². The van der Waals surface area contributed by atoms with Gasteiger partial charge in [-0.25, -0.2) is 0 Å². The van der Waals surface area contributed by atoms with Gasteiger partial charge in [-0.1, -0.05) is 19.9 Å². The molecule has 0 bridgehead atoms. The van der Waals surface area contributed by atoms with Crippen molar-refractivity contribution in [2.24, 2.45) is 5.92 Å². The Hall–Kier alpha value is -2.31. The van der Waals surface area contributed by atoms with Gasteiger partial charge in [0, 0.05) is 23.8 Å². The van der Waals surface area contributed by atoms with Crippen LogP contribution < -0.4 is 10.6 Å². The Balaban J connectivity index is 2.14. The van der Waals surface area contributed by atoms with E-state index in [4.69, 9.17) is 0 Å². The van der Waals surface area contributed by atoms with E-state index in [-0.39, 0.29) is 18.0 Å². The van der Waals surface area contributed by atoms with Crippen molar-refractivity contribution in [3.05, 3.63) is 36.0 Å². The lowest BCUT2D eigenvalue weighted by atomic mass is 10.1. The maximum absolute atomic E-state index is 12.7. The quantitative estimate of drug-likeness (QED) is 0.885. The molecule has 0 fully saturated rings. The largest absolute Gasteiger partial charge is 0.416 e. The summed E-state index contributed by atoms with van der Waals surface area (Å²) in [5.41, 5.74) is 0.0557. The molecular weight excluding hydrogens is 307 g/mol. The SMILES string of the molecule is CC(C)CNC(=O)CNc1ccnc2cc(C(F)(F)F)ccc12. The molecule has 23 heavy (non-hydrogen) atoms. The predicted octanol–water partition coefficient (Wildman–Crippen LogP) is 3.44. The third-order valence-corrected chi connectivity index (χ3v) is 3.22. The zero-order valence-corrected chi connectivity index (χ0v) is 12.9. The third-order valence-electron chi connectivity index (χ3n) is 3.22. The highest BCUT2D eigenvalue weighted by Crippen LogP contribution is 2.32. The van der Waals surface area contributed by atoms with E-state index >= 15 is 0 Å². The van der Waals surface area contributed by atoms with E-state index in [9.17, 15) is 18.0 Å². The van der Waals surface area contributed by atoms with E-state index in [2.05, 4.69) is 15.6 Å². The summed E-state index contributed by atoms with van der Waals surface area (Å²) in [4.78, 5) is 15.7. The molecule has 2 aromatic rings. The number of benzene rings is 1. The second-order valence-electron chi connectivity index (χ2n) is 5.64. The molecule has 124 valence electrons. The number of hydrogen-bond acceptors (Lipinski definition) is 3. The van der Waals surface area contributed by atoms with Gasteiger partial charge in [0.15, 0.2) is 0 Å². The zero-order valence-electron chi connectivity index (χ0n) is 12.9. The predicted molar refractivity (Wildman–Crippen MR) is 83.1 cm³/mol. The molecule has 0 unspecified atom stereocenters. The van der Waals surface area contributed by atoms with Crippen molar-refractivity contribution in [3.63, 3.8) is 0 Å². The number of anilines is 1. The molecular formula is C16H18F3N3O. The molecule has 0 aliphatic heterocycles. The zero-order chi connectivity index (χ0) is 17.0. The summed E-state index contributed by atoms with van der Waals surface area (Å²) in [7, 11) is 0. The van der Waals surface area contributed by atoms with Gasteiger partial charge in [-0.3, -0.25) is 9.78 Å². The fourth-order valence-corrected chi connectivity index (χ4v) is 2.03. The minimum absolute atomic E-state index is 0.0485. The number of carbonyl (C=O) groups excluding carboxylic acids is 1. The summed E-state index contributed by atoms with van der Waals surface area (Å²) in [6.07, 6.45) is -2.99. The van der Waals surface area contributed by atoms with Crippen molar-refractivity contribution in [1.29, 1.82) is 0 Å². The highest BCUT2D eigenvalue weighted by molar-refractivity contribution is 5.93. The summed E-state index contributed by atoms with van der Waals surface area (Å²) >= 11 is 0. The van der Waals surface area contributed by atoms with Crippen molar-refractivity contribution in [1.82, 2.24) is 10.3 Å². The molecule has 0 spiro atoms. The fraction of sp³-hybridized carbons (Fsp3) is 0.375. The fourth-order valence-electron chi connectivity index (χ4n) is 2.03. The van der Waals surface area contributed by atoms with Crippen LogP contribution in [0.15, 0.2) is 30.5 Å². The molecule has 4 nitrogen and oxygen atoms in total. The first-order valence-corrected chi connectivity index (χ1v) is 7.24. The van der Waals surface area contributed by atoms with Gasteiger partial charge in [0.1, 0.15) is 0 Å². The monoisotopic (exact) mass is 325 g/mol. The highest BCUT2D eigenvalue weighted by atomic mass is 19.4. The lowest BCUT2D eigenvalue weighted by molar-refractivity contribution is -0.137. The summed E-state index contributed by atoms with van der Waals surface area (Å²) in [5.74, 6) is 0.178. The Morgan fingerprint density at radius 1 is 1.26 bits per heavy atom. The number of hydrogen-bond donors (Lipinski definition) is 2. The molecule has 2 N–H and O–H groups in total. The molecule has 1 heterocycles. The lowest BCUT2D eigenvalue weighted by Crippen LogP contribution is -2.32. The molecule has 1 aromatic carbocycles. The molecule has 7 heteroatoms. The highest BCUT2D eigenvalue weighted by Gasteiger charge is 2.30. The number of aromatic nitrogens is 1. The summed E-state index contributed by atoms with van der Waals surface area (Å²) < 4.78 is 38.2. The van der Waals surface area contributed by atoms with Crippen LogP contribution in [-0.2, 0) is 11.0 Å². The first-order chi connectivity index (χ1) is 10.8. The molecule has 0 radical (unpaired) electrons. The molecule has 0 aliphatic rings. The van der Waals surface area contributed by atoms with Crippen LogP contribution in [0.4, 0.5) is 18.9 Å². The van der Waals surface area contributed by atoms with Crippen molar-refractivity contribution in [2.45, 2.75) is 20.0 Å². The standard InChI is InChI=1S/C16H18F3N3O/c1-10(2)8-22-15(23)9-21-13-5-6-20-14-7-11(16(17,18)19)3-4-12(13)14/h3-7,10H,8-9H2,1-2H3,(H,20,21)(H,22,23). The van der Waals surface area contributed by atoms with Crippen LogP contribution in [0.5, 0.6) is 0 Å². The van der Waals surface area contributed by atoms with E-state index < -0.39 is 11.7 Å². The number of halogens is 3. The minimum Gasteiger partial charge on any atom is -0.376 e. The first-order valence-electron chi connectivity index (χ1n) is 7.24. The molecule has 1 aromatic heterocycles. The minimum atomic E-state index is -4.41. The maximum atomic E-state index is 12.7. The summed E-state index contributed by atoms with van der Waals surface area (Å²) in [5, 5.41) is 6.24. The third kappa shape index (κ3) is 4.58. The van der Waals surface area contributed by atoms with Crippen LogP contribution in [-0.4, -0.2) is 24.0 Å². The van der Waals surface area contributed by atoms with E-state index in [0.29, 0.717) is 23.5 Å². The van der Waals surface area contributed by atoms with Crippen LogP contribution >= 0.6 is 0 Å². The maximum Gasteiger partial charge on any atom is 0.416 e. The van der Waals surface area contributed by atoms with Gasteiger partial charge in [-0.05, 0) is 24.1 Å². The Labute approximate surface area is 132 Å². The van der Waals surface area contributed by atoms with Gasteiger partial charge in [0.25, 0.3) is 0 Å². The van der Waals surface area contributed by atoms with Gasteiger partial charge in [-0.15, -0.1) is 0 Å². The van der Waals surface area contributed by atoms with Gasteiger partial charge < -0.3 is 10.6 Å². The number of carbonyl (C=O) groups is 1. The van der Waals surface area contributed by atoms with Gasteiger partial charge in [-0.2, -0.15) is 13.2 Å². The Morgan fingerprint density at radius 3 is 2.65 bits per heavy atom. The molecule has 0 saturated carbocycles. The number of nitrogens with zero attached hydrogens (tertiary/aromatic N) is 1. The molecule has 0 aliphatic carbocycles. The van der Waals surface area contributed by atoms with Gasteiger partial charge in [0.2, 0.25) is 5.91 Å². The smallest absolute Gasteiger partial charge is 0.376 e. The second-order valence-corrected chi connectivity index (χ2v) is 5.64. The number of amides is 1. The van der Waals surface area contributed by atoms with E-state index in [0.717, 1.165) is 12.1 Å². The number of pyridine rings is 1. The summed E-state index contributed by atoms with van der Waals surface area (Å²) in [6.45, 7) is 4.60. The first kappa shape index (κ1) is 17.1. The molecule has 2 rings (SSSR count). The van der Waals surface area contributed by atoms with Crippen LogP contribution in [0.25, 0.3) is 10.9 Å². The van der Waals surface area contributed by atoms with Gasteiger partial charge >= 0.3 is 6.18 Å². The molecule has 0 atom stereocenters. The Bertz CT molecular complexity index is 699. The van der Waals surface area contributed by atoms with Crippen molar-refractivity contribution in [3.8, 4) is 0 Å². The van der Waals surface area contributed by atoms with E-state index in [1.54, 1.807) is 6.07 Å². The van der Waals surface area contributed by atoms with Crippen LogP contribution in [0.3, 0.4) is 0 Å². The normalized spacial score (nSPS) is 11.7. The number of nitrogens with one attached hydrogen (secondary N) is 2. The van der Waals surface area contributed by atoms with E-state index in [1.807, 2.05) is 13.8 Å². The number of alkyl halides is 3. The summed E-state index contributed by atoms with van der Waals surface area (Å²) in [6, 6.07) is 5.00. The van der Waals surface area contributed by atoms with Crippen LogP contribution in [0.1, 0.15) is 19.4 Å². The second kappa shape index (κ2) is 6.85. The van der Waals surface area contributed by atoms with Crippen LogP contribution in [0.2, 0.25) is 0 Å². The Morgan fingerprint density at radius 2 is 2.00 bits per heavy atom. The molecule has 1 amide bonds. The van der Waals surface area contributed by atoms with Crippen molar-refractivity contribution in [2.75, 3.05) is 18.4 Å². The average molecular weight is 325 g/mol. The number of fused-ring (bicyclic) bond motifs is 1. The number of rotatable bonds is 5. The van der Waals surface area contributed by atoms with Crippen molar-refractivity contribution >= 4 is 22.5 Å². The molecule has 0 saturated heterocycles.